The summed E-state index contributed by atoms with van der Waals surface area (Å²) in [5.41, 5.74) is 4.61. The number of methoxy groups -OCH3 is 2. The first-order valence-corrected chi connectivity index (χ1v) is 13.6. The number of carbonyl (C=O) groups excluding carboxylic acids is 2. The van der Waals surface area contributed by atoms with Gasteiger partial charge in [-0.25, -0.2) is 4.79 Å². The van der Waals surface area contributed by atoms with E-state index in [4.69, 9.17) is 14.2 Å². The molecule has 1 heterocycles. The number of ketones is 1. The molecule has 0 unspecified atom stereocenters. The van der Waals surface area contributed by atoms with Gasteiger partial charge in [0.25, 0.3) is 0 Å². The molecule has 6 nitrogen and oxygen atoms in total. The fourth-order valence-corrected chi connectivity index (χ4v) is 6.51. The minimum absolute atomic E-state index is 0.0158. The van der Waals surface area contributed by atoms with Crippen LogP contribution in [0.2, 0.25) is 0 Å². The van der Waals surface area contributed by atoms with Crippen molar-refractivity contribution in [1.82, 2.24) is 5.32 Å². The fraction of sp³-hybridized carbons (Fsp3) is 0.400. The number of benzene rings is 2. The van der Waals surface area contributed by atoms with Gasteiger partial charge in [0, 0.05) is 35.2 Å². The number of ether oxygens (including phenoxy) is 3. The Morgan fingerprint density at radius 2 is 1.73 bits per heavy atom. The maximum Gasteiger partial charge on any atom is 0.337 e. The highest BCUT2D eigenvalue weighted by Crippen LogP contribution is 2.48. The molecule has 1 saturated carbocycles. The molecule has 194 valence electrons. The Bertz CT molecular complexity index is 1290. The summed E-state index contributed by atoms with van der Waals surface area (Å²) in [5, 5.41) is 3.44. The fourth-order valence-electron chi connectivity index (χ4n) is 5.95. The first kappa shape index (κ1) is 25.6. The molecule has 2 aromatic carbocycles. The van der Waals surface area contributed by atoms with Crippen LogP contribution in [-0.4, -0.2) is 32.1 Å². The highest BCUT2D eigenvalue weighted by molar-refractivity contribution is 9.10. The lowest BCUT2D eigenvalue weighted by molar-refractivity contribution is -0.144. The molecule has 0 saturated heterocycles. The number of carbonyl (C=O) groups is 2. The van der Waals surface area contributed by atoms with Crippen LogP contribution in [0, 0.1) is 0 Å². The number of halogens is 1. The lowest BCUT2D eigenvalue weighted by Gasteiger charge is -2.37. The zero-order valence-corrected chi connectivity index (χ0v) is 23.0. The quantitative estimate of drug-likeness (QED) is 0.413. The maximum absolute atomic E-state index is 13.9. The van der Waals surface area contributed by atoms with Crippen molar-refractivity contribution < 1.29 is 23.8 Å². The van der Waals surface area contributed by atoms with E-state index in [-0.39, 0.29) is 23.8 Å². The van der Waals surface area contributed by atoms with Crippen LogP contribution in [0.5, 0.6) is 11.5 Å². The molecule has 2 atom stereocenters. The van der Waals surface area contributed by atoms with Crippen molar-refractivity contribution in [3.63, 3.8) is 0 Å². The van der Waals surface area contributed by atoms with Crippen molar-refractivity contribution in [1.29, 1.82) is 0 Å². The van der Waals surface area contributed by atoms with E-state index in [1.165, 1.54) is 0 Å². The number of hydrogen-bond acceptors (Lipinski definition) is 6. The van der Waals surface area contributed by atoms with Gasteiger partial charge < -0.3 is 19.5 Å². The van der Waals surface area contributed by atoms with E-state index in [2.05, 4.69) is 21.2 Å². The highest BCUT2D eigenvalue weighted by atomic mass is 79.9. The van der Waals surface area contributed by atoms with Gasteiger partial charge in [0.15, 0.2) is 5.78 Å². The average molecular weight is 566 g/mol. The van der Waals surface area contributed by atoms with E-state index in [0.29, 0.717) is 29.7 Å². The van der Waals surface area contributed by atoms with E-state index < -0.39 is 5.92 Å². The second-order valence-corrected chi connectivity index (χ2v) is 10.8. The summed E-state index contributed by atoms with van der Waals surface area (Å²) >= 11 is 3.59. The molecule has 1 aliphatic heterocycles. The van der Waals surface area contributed by atoms with Gasteiger partial charge in [-0.1, -0.05) is 24.3 Å². The molecule has 1 N–H and O–H groups in total. The van der Waals surface area contributed by atoms with Crippen LogP contribution < -0.4 is 14.8 Å². The van der Waals surface area contributed by atoms with Crippen LogP contribution in [0.15, 0.2) is 69.5 Å². The summed E-state index contributed by atoms with van der Waals surface area (Å²) in [4.78, 5) is 27.5. The molecule has 0 bridgehead atoms. The van der Waals surface area contributed by atoms with Crippen molar-refractivity contribution in [2.45, 2.75) is 63.4 Å². The predicted octanol–water partition coefficient (Wildman–Crippen LogP) is 6.31. The molecular weight excluding hydrogens is 534 g/mol. The zero-order chi connectivity index (χ0) is 26.1. The van der Waals surface area contributed by atoms with E-state index in [9.17, 15) is 9.59 Å². The standard InChI is InChI=1S/C30H32BrNO5/c1-17-27(30(34)37-20-8-4-5-9-20)28(18-12-13-26(36-3)22(31)14-18)29-23(32-17)15-19(16-24(29)33)21-10-6-7-11-25(21)35-2/h6-7,10-14,19-20,28,32H,4-5,8-9,15-16H2,1-3H3/t19-,28-/m1/s1. The molecule has 5 rings (SSSR count). The summed E-state index contributed by atoms with van der Waals surface area (Å²) in [5.74, 6) is 0.620. The van der Waals surface area contributed by atoms with Crippen LogP contribution in [-0.2, 0) is 14.3 Å². The average Bonchev–Trinajstić information content (AvgIpc) is 3.40. The van der Waals surface area contributed by atoms with E-state index in [1.807, 2.05) is 49.4 Å². The normalized spacial score (nSPS) is 22.0. The molecule has 2 aliphatic carbocycles. The summed E-state index contributed by atoms with van der Waals surface area (Å²) in [7, 11) is 3.27. The van der Waals surface area contributed by atoms with Crippen LogP contribution in [0.3, 0.4) is 0 Å². The van der Waals surface area contributed by atoms with Gasteiger partial charge in [0.2, 0.25) is 0 Å². The van der Waals surface area contributed by atoms with Crippen molar-refractivity contribution >= 4 is 27.7 Å². The molecule has 0 aromatic heterocycles. The molecule has 7 heteroatoms. The second kappa shape index (κ2) is 10.7. The van der Waals surface area contributed by atoms with Crippen molar-refractivity contribution in [3.8, 4) is 11.5 Å². The van der Waals surface area contributed by atoms with E-state index >= 15 is 0 Å². The summed E-state index contributed by atoms with van der Waals surface area (Å²) < 4.78 is 17.8. The molecule has 0 radical (unpaired) electrons. The number of nitrogens with one attached hydrogen (secondary N) is 1. The Hall–Kier alpha value is -3.06. The van der Waals surface area contributed by atoms with Gasteiger partial charge in [-0.15, -0.1) is 0 Å². The predicted molar refractivity (Wildman–Crippen MR) is 145 cm³/mol. The summed E-state index contributed by atoms with van der Waals surface area (Å²) in [6, 6.07) is 13.6. The van der Waals surface area contributed by atoms with Gasteiger partial charge in [0.1, 0.15) is 17.6 Å². The summed E-state index contributed by atoms with van der Waals surface area (Å²) in [6.07, 6.45) is 4.84. The van der Waals surface area contributed by atoms with Crippen LogP contribution in [0.25, 0.3) is 0 Å². The molecule has 3 aliphatic rings. The molecule has 2 aromatic rings. The van der Waals surface area contributed by atoms with Crippen molar-refractivity contribution in [3.05, 3.63) is 80.6 Å². The Kier molecular flexibility index (Phi) is 7.43. The third-order valence-electron chi connectivity index (χ3n) is 7.71. The smallest absolute Gasteiger partial charge is 0.337 e. The third-order valence-corrected chi connectivity index (χ3v) is 8.33. The van der Waals surface area contributed by atoms with Gasteiger partial charge in [-0.2, -0.15) is 0 Å². The molecule has 0 spiro atoms. The van der Waals surface area contributed by atoms with Gasteiger partial charge in [-0.3, -0.25) is 4.79 Å². The van der Waals surface area contributed by atoms with Crippen molar-refractivity contribution in [2.24, 2.45) is 0 Å². The highest BCUT2D eigenvalue weighted by Gasteiger charge is 2.42. The number of hydrogen-bond donors (Lipinski definition) is 1. The molecule has 1 fully saturated rings. The largest absolute Gasteiger partial charge is 0.496 e. The first-order chi connectivity index (χ1) is 17.9. The Labute approximate surface area is 226 Å². The lowest BCUT2D eigenvalue weighted by Crippen LogP contribution is -2.36. The number of para-hydroxylation sites is 1. The Morgan fingerprint density at radius 1 is 1.00 bits per heavy atom. The number of rotatable bonds is 6. The molecular formula is C30H32BrNO5. The summed E-state index contributed by atoms with van der Waals surface area (Å²) in [6.45, 7) is 1.90. The Morgan fingerprint density at radius 3 is 2.43 bits per heavy atom. The lowest BCUT2D eigenvalue weighted by atomic mass is 9.71. The van der Waals surface area contributed by atoms with Crippen LogP contribution in [0.4, 0.5) is 0 Å². The first-order valence-electron chi connectivity index (χ1n) is 12.8. The van der Waals surface area contributed by atoms with Gasteiger partial charge in [-0.05, 0) is 84.3 Å². The minimum Gasteiger partial charge on any atom is -0.496 e. The van der Waals surface area contributed by atoms with E-state index in [1.54, 1.807) is 14.2 Å². The molecule has 37 heavy (non-hydrogen) atoms. The number of Topliss-reactive ketones (excluding diaryl/α,β-unsaturated/α-hetero) is 1. The van der Waals surface area contributed by atoms with Crippen LogP contribution >= 0.6 is 15.9 Å². The van der Waals surface area contributed by atoms with E-state index in [0.717, 1.165) is 58.4 Å². The van der Waals surface area contributed by atoms with Crippen LogP contribution in [0.1, 0.15) is 68.4 Å². The second-order valence-electron chi connectivity index (χ2n) is 9.96. The SMILES string of the molecule is COc1ccc([C@@H]2C(C(=O)OC3CCCC3)=C(C)NC3=C2C(=O)C[C@H](c2ccccc2OC)C3)cc1Br. The Balaban J connectivity index is 1.57. The van der Waals surface area contributed by atoms with Gasteiger partial charge in [0.05, 0.1) is 24.3 Å². The number of dihydropyridines is 1. The maximum atomic E-state index is 13.9. The number of esters is 1. The monoisotopic (exact) mass is 565 g/mol. The topological polar surface area (TPSA) is 73.9 Å². The van der Waals surface area contributed by atoms with Crippen molar-refractivity contribution in [2.75, 3.05) is 14.2 Å². The minimum atomic E-state index is -0.515. The molecule has 0 amide bonds. The zero-order valence-electron chi connectivity index (χ0n) is 21.4. The van der Waals surface area contributed by atoms with Gasteiger partial charge >= 0.3 is 5.97 Å². The number of allylic oxidation sites excluding steroid dienone is 3. The third kappa shape index (κ3) is 4.93.